The van der Waals surface area contributed by atoms with E-state index >= 15 is 0 Å². The van der Waals surface area contributed by atoms with Crippen LogP contribution in [0.2, 0.25) is 0 Å². The van der Waals surface area contributed by atoms with Crippen LogP contribution in [0.15, 0.2) is 0 Å². The van der Waals surface area contributed by atoms with E-state index in [2.05, 4.69) is 19.2 Å². The smallest absolute Gasteiger partial charge is 0.0624 e. The van der Waals surface area contributed by atoms with Gasteiger partial charge in [-0.2, -0.15) is 0 Å². The third-order valence-corrected chi connectivity index (χ3v) is 2.58. The first-order valence-electron chi connectivity index (χ1n) is 5.64. The van der Waals surface area contributed by atoms with Crippen LogP contribution in [-0.2, 0) is 9.47 Å². The van der Waals surface area contributed by atoms with Gasteiger partial charge in [-0.1, -0.05) is 0 Å². The fourth-order valence-electron chi connectivity index (χ4n) is 1.98. The van der Waals surface area contributed by atoms with Gasteiger partial charge in [-0.05, 0) is 46.7 Å². The van der Waals surface area contributed by atoms with Crippen molar-refractivity contribution in [1.29, 1.82) is 0 Å². The molecule has 3 heteroatoms. The zero-order chi connectivity index (χ0) is 10.4. The van der Waals surface area contributed by atoms with Crippen LogP contribution < -0.4 is 5.32 Å². The van der Waals surface area contributed by atoms with E-state index in [1.54, 1.807) is 0 Å². The standard InChI is InChI=1S/C11H23NO2/c1-9-7-11(8-10(2)14-9)13-6-4-5-12-3/h9-12H,4-8H2,1-3H3. The molecular weight excluding hydrogens is 178 g/mol. The van der Waals surface area contributed by atoms with Crippen LogP contribution in [0.4, 0.5) is 0 Å². The van der Waals surface area contributed by atoms with Crippen LogP contribution in [0.1, 0.15) is 33.1 Å². The molecule has 1 fully saturated rings. The van der Waals surface area contributed by atoms with E-state index in [9.17, 15) is 0 Å². The molecule has 0 aliphatic carbocycles. The van der Waals surface area contributed by atoms with E-state index < -0.39 is 0 Å². The third kappa shape index (κ3) is 4.40. The molecule has 0 bridgehead atoms. The molecular formula is C11H23NO2. The summed E-state index contributed by atoms with van der Waals surface area (Å²) in [4.78, 5) is 0. The summed E-state index contributed by atoms with van der Waals surface area (Å²) in [5.74, 6) is 0. The van der Waals surface area contributed by atoms with Crippen LogP contribution in [-0.4, -0.2) is 38.5 Å². The lowest BCUT2D eigenvalue weighted by Crippen LogP contribution is -2.34. The van der Waals surface area contributed by atoms with Crippen LogP contribution in [0.5, 0.6) is 0 Å². The summed E-state index contributed by atoms with van der Waals surface area (Å²) < 4.78 is 11.5. The molecule has 1 rings (SSSR count). The van der Waals surface area contributed by atoms with Crippen molar-refractivity contribution in [2.45, 2.75) is 51.4 Å². The lowest BCUT2D eigenvalue weighted by Gasteiger charge is -2.32. The van der Waals surface area contributed by atoms with E-state index in [4.69, 9.17) is 9.47 Å². The lowest BCUT2D eigenvalue weighted by molar-refractivity contribution is -0.102. The number of rotatable bonds is 5. The Balaban J connectivity index is 2.10. The van der Waals surface area contributed by atoms with Crippen molar-refractivity contribution >= 4 is 0 Å². The van der Waals surface area contributed by atoms with Gasteiger partial charge in [-0.3, -0.25) is 0 Å². The molecule has 3 nitrogen and oxygen atoms in total. The van der Waals surface area contributed by atoms with Gasteiger partial charge in [0.2, 0.25) is 0 Å². The second-order valence-corrected chi connectivity index (χ2v) is 4.18. The highest BCUT2D eigenvalue weighted by molar-refractivity contribution is 4.73. The second-order valence-electron chi connectivity index (χ2n) is 4.18. The highest BCUT2D eigenvalue weighted by atomic mass is 16.5. The molecule has 0 spiro atoms. The van der Waals surface area contributed by atoms with Gasteiger partial charge in [0, 0.05) is 6.61 Å². The normalized spacial score (nSPS) is 33.2. The van der Waals surface area contributed by atoms with Crippen molar-refractivity contribution < 1.29 is 9.47 Å². The van der Waals surface area contributed by atoms with Crippen molar-refractivity contribution in [2.24, 2.45) is 0 Å². The topological polar surface area (TPSA) is 30.5 Å². The third-order valence-electron chi connectivity index (χ3n) is 2.58. The Morgan fingerprint density at radius 2 is 1.93 bits per heavy atom. The zero-order valence-electron chi connectivity index (χ0n) is 9.58. The largest absolute Gasteiger partial charge is 0.378 e. The first-order valence-corrected chi connectivity index (χ1v) is 5.64. The van der Waals surface area contributed by atoms with Crippen LogP contribution in [0, 0.1) is 0 Å². The summed E-state index contributed by atoms with van der Waals surface area (Å²) in [5, 5.41) is 3.12. The molecule has 0 aromatic rings. The van der Waals surface area contributed by atoms with Gasteiger partial charge >= 0.3 is 0 Å². The maximum Gasteiger partial charge on any atom is 0.0624 e. The minimum Gasteiger partial charge on any atom is -0.378 e. The average Bonchev–Trinajstić information content (AvgIpc) is 2.11. The van der Waals surface area contributed by atoms with Crippen molar-refractivity contribution in [3.05, 3.63) is 0 Å². The predicted molar refractivity (Wildman–Crippen MR) is 57.5 cm³/mol. The van der Waals surface area contributed by atoms with Gasteiger partial charge in [-0.15, -0.1) is 0 Å². The van der Waals surface area contributed by atoms with Crippen LogP contribution in [0.25, 0.3) is 0 Å². The van der Waals surface area contributed by atoms with E-state index in [0.29, 0.717) is 18.3 Å². The van der Waals surface area contributed by atoms with Gasteiger partial charge in [0.1, 0.15) is 0 Å². The first-order chi connectivity index (χ1) is 6.72. The number of ether oxygens (including phenoxy) is 2. The Kier molecular flexibility index (Phi) is 5.45. The molecule has 0 saturated carbocycles. The van der Waals surface area contributed by atoms with Gasteiger partial charge in [0.05, 0.1) is 18.3 Å². The molecule has 0 amide bonds. The molecule has 1 heterocycles. The molecule has 0 radical (unpaired) electrons. The van der Waals surface area contributed by atoms with E-state index in [1.807, 2.05) is 7.05 Å². The highest BCUT2D eigenvalue weighted by Gasteiger charge is 2.24. The second kappa shape index (κ2) is 6.38. The summed E-state index contributed by atoms with van der Waals surface area (Å²) in [6, 6.07) is 0. The molecule has 1 aliphatic heterocycles. The van der Waals surface area contributed by atoms with Crippen molar-refractivity contribution in [1.82, 2.24) is 5.32 Å². The van der Waals surface area contributed by atoms with Gasteiger partial charge in [0.25, 0.3) is 0 Å². The Bertz CT molecular complexity index is 142. The maximum atomic E-state index is 5.81. The molecule has 2 unspecified atom stereocenters. The Morgan fingerprint density at radius 1 is 1.29 bits per heavy atom. The van der Waals surface area contributed by atoms with Gasteiger partial charge in [-0.25, -0.2) is 0 Å². The highest BCUT2D eigenvalue weighted by Crippen LogP contribution is 2.21. The zero-order valence-corrected chi connectivity index (χ0v) is 9.58. The predicted octanol–water partition coefficient (Wildman–Crippen LogP) is 1.57. The number of nitrogens with one attached hydrogen (secondary N) is 1. The van der Waals surface area contributed by atoms with E-state index in [1.165, 1.54) is 0 Å². The molecule has 0 aromatic carbocycles. The molecule has 2 atom stereocenters. The Labute approximate surface area is 87.2 Å². The minimum atomic E-state index is 0.355. The van der Waals surface area contributed by atoms with Crippen molar-refractivity contribution in [3.8, 4) is 0 Å². The monoisotopic (exact) mass is 201 g/mol. The molecule has 1 saturated heterocycles. The molecule has 84 valence electrons. The summed E-state index contributed by atoms with van der Waals surface area (Å²) in [6.07, 6.45) is 4.30. The summed E-state index contributed by atoms with van der Waals surface area (Å²) in [6.45, 7) is 6.15. The molecule has 1 N–H and O–H groups in total. The number of hydrogen-bond acceptors (Lipinski definition) is 3. The Morgan fingerprint density at radius 3 is 2.50 bits per heavy atom. The maximum absolute atomic E-state index is 5.81. The number of hydrogen-bond donors (Lipinski definition) is 1. The summed E-state index contributed by atoms with van der Waals surface area (Å²) in [7, 11) is 1.97. The van der Waals surface area contributed by atoms with E-state index in [0.717, 1.165) is 32.4 Å². The Hall–Kier alpha value is -0.120. The van der Waals surface area contributed by atoms with Gasteiger partial charge < -0.3 is 14.8 Å². The van der Waals surface area contributed by atoms with Gasteiger partial charge in [0.15, 0.2) is 0 Å². The molecule has 1 aliphatic rings. The fraction of sp³-hybridized carbons (Fsp3) is 1.00. The summed E-state index contributed by atoms with van der Waals surface area (Å²) in [5.41, 5.74) is 0. The average molecular weight is 201 g/mol. The quantitative estimate of drug-likeness (QED) is 0.685. The lowest BCUT2D eigenvalue weighted by atomic mass is 10.0. The fourth-order valence-corrected chi connectivity index (χ4v) is 1.98. The van der Waals surface area contributed by atoms with Crippen LogP contribution >= 0.6 is 0 Å². The summed E-state index contributed by atoms with van der Waals surface area (Å²) >= 11 is 0. The SMILES string of the molecule is CNCCCOC1CC(C)OC(C)C1. The minimum absolute atomic E-state index is 0.355. The van der Waals surface area contributed by atoms with Crippen molar-refractivity contribution in [3.63, 3.8) is 0 Å². The van der Waals surface area contributed by atoms with E-state index in [-0.39, 0.29) is 0 Å². The van der Waals surface area contributed by atoms with Crippen LogP contribution in [0.3, 0.4) is 0 Å². The van der Waals surface area contributed by atoms with Crippen molar-refractivity contribution in [2.75, 3.05) is 20.2 Å². The molecule has 0 aromatic heterocycles. The first kappa shape index (κ1) is 12.0. The molecule has 14 heavy (non-hydrogen) atoms.